The number of benzene rings is 1. The molecule has 0 aromatic heterocycles. The van der Waals surface area contributed by atoms with Crippen LogP contribution in [0.5, 0.6) is 0 Å². The van der Waals surface area contributed by atoms with E-state index in [1.165, 1.54) is 0 Å². The van der Waals surface area contributed by atoms with E-state index in [2.05, 4.69) is 10.0 Å². The van der Waals surface area contributed by atoms with Crippen molar-refractivity contribution in [3.8, 4) is 0 Å². The molecule has 1 aliphatic rings. The Bertz CT molecular complexity index is 483. The summed E-state index contributed by atoms with van der Waals surface area (Å²) in [5.74, 6) is 0. The summed E-state index contributed by atoms with van der Waals surface area (Å²) in [7, 11) is 0. The molecule has 1 fully saturated rings. The summed E-state index contributed by atoms with van der Waals surface area (Å²) in [5.41, 5.74) is 8.60. The van der Waals surface area contributed by atoms with Crippen molar-refractivity contribution in [1.82, 2.24) is 0 Å². The van der Waals surface area contributed by atoms with E-state index in [1.54, 1.807) is 0 Å². The second-order valence-electron chi connectivity index (χ2n) is 4.33. The van der Waals surface area contributed by atoms with Gasteiger partial charge in [-0.15, -0.1) is 0 Å². The predicted octanol–water partition coefficient (Wildman–Crippen LogP) is -0.866. The zero-order valence-corrected chi connectivity index (χ0v) is 12.2. The van der Waals surface area contributed by atoms with Crippen molar-refractivity contribution >= 4 is 19.4 Å². The van der Waals surface area contributed by atoms with Crippen LogP contribution in [0.25, 0.3) is 10.4 Å². The molecule has 0 radical (unpaired) electrons. The van der Waals surface area contributed by atoms with Gasteiger partial charge in [0.25, 0.3) is 0 Å². The van der Waals surface area contributed by atoms with Crippen molar-refractivity contribution in [2.24, 2.45) is 5.11 Å². The van der Waals surface area contributed by atoms with Crippen LogP contribution in [0, 0.1) is 0 Å². The molecule has 8 heteroatoms. The average molecular weight is 344 g/mol. The first-order valence-electron chi connectivity index (χ1n) is 6.05. The Labute approximate surface area is 122 Å². The number of nitrogens with zero attached hydrogens (tertiary/aromatic N) is 3. The topological polar surface area (TPSA) is 119 Å². The van der Waals surface area contributed by atoms with Gasteiger partial charge in [-0.3, -0.25) is 0 Å². The van der Waals surface area contributed by atoms with Gasteiger partial charge in [-0.25, -0.2) is 0 Å². The molecule has 0 amide bonds. The van der Waals surface area contributed by atoms with Gasteiger partial charge in [0.05, 0.1) is 0 Å². The molecule has 0 aliphatic carbocycles. The molecule has 108 valence electrons. The Morgan fingerprint density at radius 3 is 2.55 bits per heavy atom. The van der Waals surface area contributed by atoms with Crippen molar-refractivity contribution in [1.29, 1.82) is 0 Å². The van der Waals surface area contributed by atoms with Crippen molar-refractivity contribution in [2.45, 2.75) is 29.4 Å². The van der Waals surface area contributed by atoms with Crippen LogP contribution in [-0.4, -0.2) is 66.2 Å². The van der Waals surface area contributed by atoms with Crippen molar-refractivity contribution in [3.63, 3.8) is 0 Å². The van der Waals surface area contributed by atoms with Gasteiger partial charge in [0.2, 0.25) is 0 Å². The fourth-order valence-corrected chi connectivity index (χ4v) is 4.36. The number of rotatable bonds is 4. The number of aliphatic hydroxyl groups excluding tert-OH is 3. The normalized spacial score (nSPS) is 33.5. The molecule has 3 N–H and O–H groups in total. The van der Waals surface area contributed by atoms with E-state index in [0.29, 0.717) is 0 Å². The molecule has 0 unspecified atom stereocenters. The van der Waals surface area contributed by atoms with Crippen molar-refractivity contribution in [2.75, 3.05) is 6.61 Å². The van der Waals surface area contributed by atoms with Gasteiger partial charge < -0.3 is 0 Å². The van der Waals surface area contributed by atoms with Crippen molar-refractivity contribution < 1.29 is 20.1 Å². The first-order chi connectivity index (χ1) is 9.67. The molecule has 7 nitrogen and oxygen atoms in total. The average Bonchev–Trinajstić information content (AvgIpc) is 2.47. The quantitative estimate of drug-likeness (QED) is 0.285. The van der Waals surface area contributed by atoms with Crippen LogP contribution < -0.4 is 4.46 Å². The van der Waals surface area contributed by atoms with Gasteiger partial charge in [-0.2, -0.15) is 0 Å². The molecule has 0 spiro atoms. The molecule has 0 bridgehead atoms. The molecular weight excluding hydrogens is 329 g/mol. The van der Waals surface area contributed by atoms with Gasteiger partial charge in [0.1, 0.15) is 0 Å². The number of hydrogen-bond donors (Lipinski definition) is 3. The third-order valence-electron chi connectivity index (χ3n) is 3.03. The molecule has 2 rings (SSSR count). The Morgan fingerprint density at radius 1 is 1.25 bits per heavy atom. The van der Waals surface area contributed by atoms with E-state index in [4.69, 9.17) is 10.3 Å². The molecule has 1 saturated heterocycles. The predicted molar refractivity (Wildman–Crippen MR) is 72.5 cm³/mol. The van der Waals surface area contributed by atoms with Crippen molar-refractivity contribution in [3.05, 3.63) is 40.8 Å². The van der Waals surface area contributed by atoms with E-state index >= 15 is 0 Å². The minimum atomic E-state index is -1.27. The molecule has 1 aromatic rings. The van der Waals surface area contributed by atoms with Gasteiger partial charge in [-0.05, 0) is 0 Å². The number of aliphatic hydroxyl groups is 3. The molecule has 0 saturated carbocycles. The van der Waals surface area contributed by atoms with Crippen LogP contribution in [0.2, 0.25) is 0 Å². The maximum absolute atomic E-state index is 10.0. The van der Waals surface area contributed by atoms with E-state index in [-0.39, 0.29) is 15.0 Å². The van der Waals surface area contributed by atoms with Crippen LogP contribution in [-0.2, 0) is 4.74 Å². The summed E-state index contributed by atoms with van der Waals surface area (Å²) in [6.45, 7) is -0.400. The standard InChI is InChI=1S/C12H15N3O4Se/c13-15-14-9-11(18)10(17)8(6-16)19-12(9)20-7-4-2-1-3-5-7/h1-5,8-12,16-18H,6H2/t8-,9-,10+,11-,12-/m1/s1. The second kappa shape index (κ2) is 7.06. The monoisotopic (exact) mass is 345 g/mol. The van der Waals surface area contributed by atoms with Crippen LogP contribution in [0.1, 0.15) is 0 Å². The first-order valence-corrected chi connectivity index (χ1v) is 7.90. The minimum absolute atomic E-state index is 0.214. The molecule has 1 aliphatic heterocycles. The second-order valence-corrected chi connectivity index (χ2v) is 6.79. The zero-order valence-electron chi connectivity index (χ0n) is 10.5. The molecule has 20 heavy (non-hydrogen) atoms. The summed E-state index contributed by atoms with van der Waals surface area (Å²) < 4.78 is 6.61. The van der Waals surface area contributed by atoms with E-state index in [9.17, 15) is 15.3 Å². The Morgan fingerprint density at radius 2 is 1.95 bits per heavy atom. The Balaban J connectivity index is 2.20. The van der Waals surface area contributed by atoms with Gasteiger partial charge in [0, 0.05) is 0 Å². The Hall–Kier alpha value is -1.11. The van der Waals surface area contributed by atoms with E-state index in [1.807, 2.05) is 30.3 Å². The van der Waals surface area contributed by atoms with Crippen LogP contribution >= 0.6 is 0 Å². The van der Waals surface area contributed by atoms with Crippen LogP contribution in [0.15, 0.2) is 35.4 Å². The zero-order chi connectivity index (χ0) is 14.5. The molecular formula is C12H15N3O4Se. The summed E-state index contributed by atoms with van der Waals surface area (Å²) in [4.78, 5) is 2.71. The molecule has 1 aromatic carbocycles. The van der Waals surface area contributed by atoms with Crippen LogP contribution in [0.3, 0.4) is 0 Å². The molecule has 5 atom stereocenters. The van der Waals surface area contributed by atoms with E-state index in [0.717, 1.165) is 4.46 Å². The van der Waals surface area contributed by atoms with Gasteiger partial charge in [0.15, 0.2) is 0 Å². The van der Waals surface area contributed by atoms with E-state index < -0.39 is 36.0 Å². The number of hydrogen-bond acceptors (Lipinski definition) is 5. The Kier molecular flexibility index (Phi) is 5.39. The molecule has 1 heterocycles. The fraction of sp³-hybridized carbons (Fsp3) is 0.500. The first kappa shape index (κ1) is 15.3. The SMILES string of the molecule is [N-]=[N+]=N[C@@H]1[C@@H](O)[C@@H](O)[C@@H](CO)O[C@@H]1[Se]c1ccccc1. The fourth-order valence-electron chi connectivity index (χ4n) is 1.98. The third-order valence-corrected chi connectivity index (χ3v) is 5.48. The summed E-state index contributed by atoms with van der Waals surface area (Å²) in [6.07, 6.45) is -3.38. The third kappa shape index (κ3) is 3.31. The van der Waals surface area contributed by atoms with Crippen LogP contribution in [0.4, 0.5) is 0 Å². The van der Waals surface area contributed by atoms with Gasteiger partial charge >= 0.3 is 121 Å². The number of azide groups is 1. The summed E-state index contributed by atoms with van der Waals surface area (Å²) in [6, 6.07) is 8.64. The summed E-state index contributed by atoms with van der Waals surface area (Å²) >= 11 is -0.214. The maximum atomic E-state index is 10.0. The summed E-state index contributed by atoms with van der Waals surface area (Å²) in [5, 5.41) is 32.0. The van der Waals surface area contributed by atoms with Gasteiger partial charge in [-0.1, -0.05) is 0 Å². The number of ether oxygens (including phenoxy) is 1.